The zero-order chi connectivity index (χ0) is 33.0. The van der Waals surface area contributed by atoms with Crippen molar-refractivity contribution in [2.75, 3.05) is 19.0 Å². The van der Waals surface area contributed by atoms with E-state index in [4.69, 9.17) is 25.8 Å². The van der Waals surface area contributed by atoms with Crippen LogP contribution in [-0.2, 0) is 20.0 Å². The molecule has 1 saturated carbocycles. The minimum absolute atomic E-state index is 0.193. The van der Waals surface area contributed by atoms with Gasteiger partial charge in [0.05, 0.1) is 24.4 Å². The summed E-state index contributed by atoms with van der Waals surface area (Å²) < 4.78 is 20.6. The lowest BCUT2D eigenvalue weighted by molar-refractivity contribution is -0.120. The van der Waals surface area contributed by atoms with Gasteiger partial charge in [0.2, 0.25) is 5.91 Å². The minimum Gasteiger partial charge on any atom is -0.495 e. The van der Waals surface area contributed by atoms with Crippen molar-refractivity contribution in [3.63, 3.8) is 0 Å². The molecule has 1 unspecified atom stereocenters. The van der Waals surface area contributed by atoms with Crippen LogP contribution < -0.4 is 15.6 Å². The number of halogens is 1. The number of anilines is 1. The quantitative estimate of drug-likeness (QED) is 0.158. The normalized spacial score (nSPS) is 15.7. The van der Waals surface area contributed by atoms with Gasteiger partial charge < -0.3 is 19.5 Å². The highest BCUT2D eigenvalue weighted by Crippen LogP contribution is 2.48. The number of ketones is 1. The van der Waals surface area contributed by atoms with Crippen LogP contribution in [0, 0.1) is 0 Å². The number of carbonyl (C=O) groups is 3. The van der Waals surface area contributed by atoms with Crippen LogP contribution in [0.15, 0.2) is 59.5 Å². The van der Waals surface area contributed by atoms with Crippen molar-refractivity contribution in [2.24, 2.45) is 0 Å². The smallest absolute Gasteiger partial charge is 0.357 e. The Balaban J connectivity index is 1.35. The second kappa shape index (κ2) is 11.7. The Bertz CT molecular complexity index is 1950. The number of carbonyl (C=O) groups excluding carboxylic acids is 3. The molecule has 1 aliphatic heterocycles. The molecule has 0 saturated heterocycles. The number of Topliss-reactive ketones (excluding diaryl/α,β-unsaturated/α-hetero) is 1. The molecule has 11 heteroatoms. The van der Waals surface area contributed by atoms with E-state index in [1.807, 2.05) is 37.5 Å². The molecule has 1 N–H and O–H groups in total. The first-order chi connectivity index (χ1) is 21.8. The summed E-state index contributed by atoms with van der Waals surface area (Å²) in [5.74, 6) is -0.673. The molecule has 3 heterocycles. The van der Waals surface area contributed by atoms with Gasteiger partial charge in [-0.25, -0.2) is 4.79 Å². The van der Waals surface area contributed by atoms with Gasteiger partial charge in [-0.05, 0) is 82.1 Å². The number of nitrogens with one attached hydrogen (secondary N) is 1. The molecule has 10 nitrogen and oxygen atoms in total. The standard InChI is InChI=1S/C35H36ClN3O7/c1-20(40)24-9-7-22(36)17-25(24)26-18-31(41)38(19-30(26)44-5)28(11-14-45-34(2,3)4)32(42)37-23-8-10-27-21(15-23)16-29-33(43)46-35(39(27)29)12-6-13-35/h7-10,15-19,28H,6,11-14H2,1-5H3,(H,37,42). The fraction of sp³-hybridized carbons (Fsp3) is 0.371. The number of rotatable bonds is 9. The molecule has 1 aliphatic carbocycles. The van der Waals surface area contributed by atoms with E-state index in [2.05, 4.69) is 5.32 Å². The maximum atomic E-state index is 13.9. The van der Waals surface area contributed by atoms with Gasteiger partial charge in [-0.15, -0.1) is 0 Å². The molecule has 1 atom stereocenters. The Labute approximate surface area is 271 Å². The molecule has 4 aromatic rings. The van der Waals surface area contributed by atoms with Crippen molar-refractivity contribution >= 4 is 45.9 Å². The Morgan fingerprint density at radius 3 is 2.48 bits per heavy atom. The topological polar surface area (TPSA) is 118 Å². The van der Waals surface area contributed by atoms with Crippen molar-refractivity contribution < 1.29 is 28.6 Å². The molecule has 46 heavy (non-hydrogen) atoms. The second-order valence-electron chi connectivity index (χ2n) is 12.8. The van der Waals surface area contributed by atoms with Crippen LogP contribution in [-0.4, -0.2) is 46.1 Å². The number of ether oxygens (including phenoxy) is 3. The van der Waals surface area contributed by atoms with Crippen LogP contribution in [0.25, 0.3) is 22.0 Å². The fourth-order valence-corrected chi connectivity index (χ4v) is 6.42. The van der Waals surface area contributed by atoms with E-state index in [1.165, 1.54) is 30.9 Å². The van der Waals surface area contributed by atoms with Crippen LogP contribution in [0.4, 0.5) is 5.69 Å². The van der Waals surface area contributed by atoms with Gasteiger partial charge in [0.25, 0.3) is 5.56 Å². The summed E-state index contributed by atoms with van der Waals surface area (Å²) in [6, 6.07) is 12.5. The number of hydrogen-bond donors (Lipinski definition) is 1. The Morgan fingerprint density at radius 1 is 1.07 bits per heavy atom. The van der Waals surface area contributed by atoms with E-state index in [0.29, 0.717) is 38.8 Å². The van der Waals surface area contributed by atoms with Crippen LogP contribution in [0.3, 0.4) is 0 Å². The molecule has 0 radical (unpaired) electrons. The summed E-state index contributed by atoms with van der Waals surface area (Å²) in [6.07, 6.45) is 4.21. The number of nitrogens with zero attached hydrogens (tertiary/aromatic N) is 2. The van der Waals surface area contributed by atoms with E-state index in [9.17, 15) is 19.2 Å². The van der Waals surface area contributed by atoms with Crippen LogP contribution >= 0.6 is 11.6 Å². The first-order valence-corrected chi connectivity index (χ1v) is 15.6. The van der Waals surface area contributed by atoms with Crippen molar-refractivity contribution in [2.45, 2.75) is 70.7 Å². The lowest BCUT2D eigenvalue weighted by atomic mass is 9.88. The molecular weight excluding hydrogens is 610 g/mol. The van der Waals surface area contributed by atoms with E-state index < -0.39 is 28.8 Å². The highest BCUT2D eigenvalue weighted by Gasteiger charge is 2.50. The average molecular weight is 646 g/mol. The van der Waals surface area contributed by atoms with E-state index in [0.717, 1.165) is 30.2 Å². The molecule has 1 fully saturated rings. The van der Waals surface area contributed by atoms with Crippen molar-refractivity contribution in [3.05, 3.63) is 81.4 Å². The fourth-order valence-electron chi connectivity index (χ4n) is 6.25. The lowest BCUT2D eigenvalue weighted by Crippen LogP contribution is -2.39. The molecule has 2 aromatic carbocycles. The highest BCUT2D eigenvalue weighted by molar-refractivity contribution is 6.31. The molecule has 2 aromatic heterocycles. The second-order valence-corrected chi connectivity index (χ2v) is 13.3. The third-order valence-electron chi connectivity index (χ3n) is 8.58. The van der Waals surface area contributed by atoms with Crippen molar-refractivity contribution in [3.8, 4) is 16.9 Å². The van der Waals surface area contributed by atoms with E-state index in [-0.39, 0.29) is 24.8 Å². The lowest BCUT2D eigenvalue weighted by Gasteiger charge is -2.38. The maximum Gasteiger partial charge on any atom is 0.357 e. The van der Waals surface area contributed by atoms with Crippen LogP contribution in [0.1, 0.15) is 80.3 Å². The number of fused-ring (bicyclic) bond motifs is 4. The predicted molar refractivity (Wildman–Crippen MR) is 175 cm³/mol. The molecule has 1 spiro atoms. The van der Waals surface area contributed by atoms with Gasteiger partial charge in [0, 0.05) is 59.2 Å². The Kier molecular flexibility index (Phi) is 8.06. The number of esters is 1. The average Bonchev–Trinajstić information content (AvgIpc) is 3.49. The van der Waals surface area contributed by atoms with Crippen LogP contribution in [0.5, 0.6) is 5.75 Å². The third-order valence-corrected chi connectivity index (χ3v) is 8.82. The number of hydrogen-bond acceptors (Lipinski definition) is 7. The summed E-state index contributed by atoms with van der Waals surface area (Å²) in [4.78, 5) is 52.7. The highest BCUT2D eigenvalue weighted by atomic mass is 35.5. The summed E-state index contributed by atoms with van der Waals surface area (Å²) in [5, 5.41) is 4.16. The SMILES string of the molecule is COc1cn(C(CCOC(C)(C)C)C(=O)Nc2ccc3c(c2)cc2n3C3(CCC3)OC2=O)c(=O)cc1-c1cc(Cl)ccc1C(C)=O. The molecular formula is C35H36ClN3O7. The summed E-state index contributed by atoms with van der Waals surface area (Å²) in [5.41, 5.74) is 1.57. The van der Waals surface area contributed by atoms with Crippen LogP contribution in [0.2, 0.25) is 5.02 Å². The summed E-state index contributed by atoms with van der Waals surface area (Å²) >= 11 is 6.26. The third kappa shape index (κ3) is 5.71. The Morgan fingerprint density at radius 2 is 1.83 bits per heavy atom. The number of benzene rings is 2. The van der Waals surface area contributed by atoms with Crippen molar-refractivity contribution in [1.82, 2.24) is 9.13 Å². The van der Waals surface area contributed by atoms with Gasteiger partial charge in [-0.3, -0.25) is 23.5 Å². The summed E-state index contributed by atoms with van der Waals surface area (Å²) in [7, 11) is 1.46. The summed E-state index contributed by atoms with van der Waals surface area (Å²) in [6.45, 7) is 7.38. The zero-order valence-electron chi connectivity index (χ0n) is 26.4. The van der Waals surface area contributed by atoms with Crippen molar-refractivity contribution in [1.29, 1.82) is 0 Å². The number of methoxy groups -OCH3 is 1. The first-order valence-electron chi connectivity index (χ1n) is 15.3. The Hall–Kier alpha value is -4.41. The first kappa shape index (κ1) is 31.6. The maximum absolute atomic E-state index is 13.9. The monoisotopic (exact) mass is 645 g/mol. The molecule has 6 rings (SSSR count). The van der Waals surface area contributed by atoms with E-state index in [1.54, 1.807) is 30.3 Å². The minimum atomic E-state index is -0.965. The molecule has 240 valence electrons. The number of aromatic nitrogens is 2. The van der Waals surface area contributed by atoms with E-state index >= 15 is 0 Å². The number of amides is 1. The van der Waals surface area contributed by atoms with Gasteiger partial charge in [-0.1, -0.05) is 11.6 Å². The van der Waals surface area contributed by atoms with Gasteiger partial charge >= 0.3 is 5.97 Å². The molecule has 1 amide bonds. The number of pyridine rings is 1. The van der Waals surface area contributed by atoms with Gasteiger partial charge in [0.1, 0.15) is 17.5 Å². The molecule has 2 aliphatic rings. The largest absolute Gasteiger partial charge is 0.495 e. The van der Waals surface area contributed by atoms with Gasteiger partial charge in [0.15, 0.2) is 11.5 Å². The predicted octanol–water partition coefficient (Wildman–Crippen LogP) is 6.73. The molecule has 0 bridgehead atoms. The van der Waals surface area contributed by atoms with Gasteiger partial charge in [-0.2, -0.15) is 0 Å². The zero-order valence-corrected chi connectivity index (χ0v) is 27.2.